The minimum atomic E-state index is -0.158. The Labute approximate surface area is 117 Å². The molecule has 0 bridgehead atoms. The molecule has 20 heavy (non-hydrogen) atoms. The van der Waals surface area contributed by atoms with Gasteiger partial charge in [-0.2, -0.15) is 0 Å². The van der Waals surface area contributed by atoms with Gasteiger partial charge >= 0.3 is 0 Å². The lowest BCUT2D eigenvalue weighted by Crippen LogP contribution is -2.34. The third-order valence-corrected chi connectivity index (χ3v) is 3.60. The van der Waals surface area contributed by atoms with E-state index < -0.39 is 0 Å². The Bertz CT molecular complexity index is 604. The van der Waals surface area contributed by atoms with E-state index in [2.05, 4.69) is 24.8 Å². The van der Waals surface area contributed by atoms with Gasteiger partial charge in [-0.25, -0.2) is 9.97 Å². The van der Waals surface area contributed by atoms with Crippen LogP contribution in [-0.4, -0.2) is 32.0 Å². The van der Waals surface area contributed by atoms with Crippen LogP contribution < -0.4 is 5.32 Å². The van der Waals surface area contributed by atoms with E-state index in [1.807, 2.05) is 19.3 Å². The summed E-state index contributed by atoms with van der Waals surface area (Å²) in [5.74, 6) is 1.42. The summed E-state index contributed by atoms with van der Waals surface area (Å²) in [4.78, 5) is 24.4. The van der Waals surface area contributed by atoms with Gasteiger partial charge in [-0.3, -0.25) is 9.78 Å². The summed E-state index contributed by atoms with van der Waals surface area (Å²) in [6.45, 7) is 3.42. The average molecular weight is 271 g/mol. The van der Waals surface area contributed by atoms with Crippen LogP contribution in [0.15, 0.2) is 24.8 Å². The number of nitrogens with one attached hydrogen (secondary N) is 1. The molecular formula is C14H17N5O. The zero-order valence-electron chi connectivity index (χ0n) is 11.4. The Morgan fingerprint density at radius 3 is 3.10 bits per heavy atom. The standard InChI is InChI=1S/C14H17N5O/c1-10-6-17-12(8-16-10)14(20)18-7-11-2-3-13-15-4-5-19(13)9-11/h4-6,8,11H,2-3,7,9H2,1H3,(H,18,20)/t11-/m0/s1. The van der Waals surface area contributed by atoms with E-state index in [0.717, 1.165) is 30.9 Å². The molecule has 1 aliphatic rings. The predicted octanol–water partition coefficient (Wildman–Crippen LogP) is 0.974. The van der Waals surface area contributed by atoms with Gasteiger partial charge in [0.2, 0.25) is 0 Å². The zero-order valence-corrected chi connectivity index (χ0v) is 11.4. The highest BCUT2D eigenvalue weighted by Crippen LogP contribution is 2.17. The fourth-order valence-electron chi connectivity index (χ4n) is 2.44. The second kappa shape index (κ2) is 5.40. The van der Waals surface area contributed by atoms with Gasteiger partial charge in [0.15, 0.2) is 0 Å². The molecule has 6 nitrogen and oxygen atoms in total. The molecule has 1 amide bonds. The summed E-state index contributed by atoms with van der Waals surface area (Å²) in [6.07, 6.45) is 8.97. The van der Waals surface area contributed by atoms with E-state index in [-0.39, 0.29) is 5.91 Å². The average Bonchev–Trinajstić information content (AvgIpc) is 2.93. The molecule has 2 aromatic heterocycles. The van der Waals surface area contributed by atoms with E-state index in [0.29, 0.717) is 18.2 Å². The van der Waals surface area contributed by atoms with Crippen LogP contribution in [0.5, 0.6) is 0 Å². The largest absolute Gasteiger partial charge is 0.350 e. The molecule has 0 saturated heterocycles. The number of rotatable bonds is 3. The Hall–Kier alpha value is -2.24. The number of nitrogens with zero attached hydrogens (tertiary/aromatic N) is 4. The summed E-state index contributed by atoms with van der Waals surface area (Å²) < 4.78 is 2.16. The maximum Gasteiger partial charge on any atom is 0.271 e. The number of hydrogen-bond acceptors (Lipinski definition) is 4. The molecule has 0 aromatic carbocycles. The molecule has 0 fully saturated rings. The van der Waals surface area contributed by atoms with Crippen molar-refractivity contribution in [3.63, 3.8) is 0 Å². The molecule has 3 rings (SSSR count). The number of imidazole rings is 1. The van der Waals surface area contributed by atoms with Gasteiger partial charge in [-0.1, -0.05) is 0 Å². The van der Waals surface area contributed by atoms with Crippen molar-refractivity contribution in [1.82, 2.24) is 24.8 Å². The van der Waals surface area contributed by atoms with Crippen molar-refractivity contribution in [2.24, 2.45) is 5.92 Å². The number of fused-ring (bicyclic) bond motifs is 1. The molecule has 6 heteroatoms. The highest BCUT2D eigenvalue weighted by molar-refractivity contribution is 5.91. The number of aryl methyl sites for hydroxylation is 2. The Morgan fingerprint density at radius 2 is 2.30 bits per heavy atom. The molecule has 0 radical (unpaired) electrons. The van der Waals surface area contributed by atoms with Crippen LogP contribution in [-0.2, 0) is 13.0 Å². The third kappa shape index (κ3) is 2.68. The number of amides is 1. The molecule has 1 N–H and O–H groups in total. The fraction of sp³-hybridized carbons (Fsp3) is 0.429. The SMILES string of the molecule is Cc1cnc(C(=O)NC[C@@H]2CCc3nccn3C2)cn1. The molecule has 1 atom stereocenters. The van der Waals surface area contributed by atoms with Gasteiger partial charge in [-0.05, 0) is 19.3 Å². The lowest BCUT2D eigenvalue weighted by Gasteiger charge is -2.23. The molecule has 104 valence electrons. The van der Waals surface area contributed by atoms with Gasteiger partial charge in [0, 0.05) is 38.1 Å². The lowest BCUT2D eigenvalue weighted by molar-refractivity contribution is 0.0938. The van der Waals surface area contributed by atoms with Crippen LogP contribution in [0.1, 0.15) is 28.4 Å². The summed E-state index contributed by atoms with van der Waals surface area (Å²) in [5, 5.41) is 2.94. The number of carbonyl (C=O) groups is 1. The van der Waals surface area contributed by atoms with Crippen LogP contribution in [0, 0.1) is 12.8 Å². The van der Waals surface area contributed by atoms with Crippen LogP contribution in [0.4, 0.5) is 0 Å². The van der Waals surface area contributed by atoms with Crippen molar-refractivity contribution in [2.45, 2.75) is 26.3 Å². The monoisotopic (exact) mass is 271 g/mol. The molecule has 0 aliphatic carbocycles. The van der Waals surface area contributed by atoms with Crippen molar-refractivity contribution in [1.29, 1.82) is 0 Å². The maximum absolute atomic E-state index is 12.0. The van der Waals surface area contributed by atoms with Crippen LogP contribution in [0.25, 0.3) is 0 Å². The predicted molar refractivity (Wildman–Crippen MR) is 73.1 cm³/mol. The topological polar surface area (TPSA) is 72.7 Å². The van der Waals surface area contributed by atoms with Crippen molar-refractivity contribution >= 4 is 5.91 Å². The quantitative estimate of drug-likeness (QED) is 0.903. The van der Waals surface area contributed by atoms with Gasteiger partial charge in [-0.15, -0.1) is 0 Å². The summed E-state index contributed by atoms with van der Waals surface area (Å²) in [7, 11) is 0. The number of hydrogen-bond donors (Lipinski definition) is 1. The lowest BCUT2D eigenvalue weighted by atomic mass is 9.99. The first-order chi connectivity index (χ1) is 9.72. The molecule has 0 unspecified atom stereocenters. The molecule has 3 heterocycles. The van der Waals surface area contributed by atoms with E-state index in [9.17, 15) is 4.79 Å². The van der Waals surface area contributed by atoms with Crippen molar-refractivity contribution in [3.8, 4) is 0 Å². The summed E-state index contributed by atoms with van der Waals surface area (Å²) in [5.41, 5.74) is 1.18. The van der Waals surface area contributed by atoms with E-state index in [1.54, 1.807) is 6.20 Å². The molecule has 0 spiro atoms. The maximum atomic E-state index is 12.0. The van der Waals surface area contributed by atoms with E-state index in [1.165, 1.54) is 6.20 Å². The van der Waals surface area contributed by atoms with Gasteiger partial charge in [0.1, 0.15) is 11.5 Å². The van der Waals surface area contributed by atoms with Crippen molar-refractivity contribution < 1.29 is 4.79 Å². The summed E-state index contributed by atoms with van der Waals surface area (Å²) >= 11 is 0. The first kappa shape index (κ1) is 12.8. The van der Waals surface area contributed by atoms with Crippen molar-refractivity contribution in [2.75, 3.05) is 6.54 Å². The molecule has 2 aromatic rings. The normalized spacial score (nSPS) is 17.6. The van der Waals surface area contributed by atoms with Crippen LogP contribution >= 0.6 is 0 Å². The van der Waals surface area contributed by atoms with Gasteiger partial charge in [0.05, 0.1) is 11.9 Å². The van der Waals surface area contributed by atoms with E-state index >= 15 is 0 Å². The first-order valence-electron chi connectivity index (χ1n) is 6.79. The van der Waals surface area contributed by atoms with Gasteiger partial charge in [0.25, 0.3) is 5.91 Å². The third-order valence-electron chi connectivity index (χ3n) is 3.60. The Kier molecular flexibility index (Phi) is 3.45. The molecule has 1 aliphatic heterocycles. The van der Waals surface area contributed by atoms with E-state index in [4.69, 9.17) is 0 Å². The highest BCUT2D eigenvalue weighted by atomic mass is 16.1. The smallest absolute Gasteiger partial charge is 0.271 e. The Morgan fingerprint density at radius 1 is 1.40 bits per heavy atom. The second-order valence-corrected chi connectivity index (χ2v) is 5.15. The minimum Gasteiger partial charge on any atom is -0.350 e. The minimum absolute atomic E-state index is 0.158. The van der Waals surface area contributed by atoms with Gasteiger partial charge < -0.3 is 9.88 Å². The highest BCUT2D eigenvalue weighted by Gasteiger charge is 2.19. The molecule has 0 saturated carbocycles. The fourth-order valence-corrected chi connectivity index (χ4v) is 2.44. The summed E-state index contributed by atoms with van der Waals surface area (Å²) in [6, 6.07) is 0. The number of aromatic nitrogens is 4. The number of carbonyl (C=O) groups excluding carboxylic acids is 1. The van der Waals surface area contributed by atoms with Crippen LogP contribution in [0.3, 0.4) is 0 Å². The zero-order chi connectivity index (χ0) is 13.9. The Balaban J connectivity index is 1.55. The second-order valence-electron chi connectivity index (χ2n) is 5.15. The molecular weight excluding hydrogens is 254 g/mol. The van der Waals surface area contributed by atoms with Crippen molar-refractivity contribution in [3.05, 3.63) is 42.0 Å². The first-order valence-corrected chi connectivity index (χ1v) is 6.79. The van der Waals surface area contributed by atoms with Crippen LogP contribution in [0.2, 0.25) is 0 Å².